The first-order valence-corrected chi connectivity index (χ1v) is 6.62. The van der Waals surface area contributed by atoms with Gasteiger partial charge < -0.3 is 15.0 Å². The molecule has 1 N–H and O–H groups in total. The Morgan fingerprint density at radius 2 is 2.26 bits per heavy atom. The zero-order valence-corrected chi connectivity index (χ0v) is 12.0. The van der Waals surface area contributed by atoms with E-state index in [4.69, 9.17) is 4.74 Å². The molecule has 0 unspecified atom stereocenters. The van der Waals surface area contributed by atoms with E-state index in [-0.39, 0.29) is 5.91 Å². The maximum Gasteiger partial charge on any atom is 0.255 e. The van der Waals surface area contributed by atoms with E-state index in [0.29, 0.717) is 18.7 Å². The third-order valence-electron chi connectivity index (χ3n) is 2.81. The highest BCUT2D eigenvalue weighted by molar-refractivity contribution is 5.94. The fourth-order valence-corrected chi connectivity index (χ4v) is 1.67. The number of pyridine rings is 1. The molecule has 1 aromatic heterocycles. The van der Waals surface area contributed by atoms with Crippen LogP contribution < -0.4 is 5.32 Å². The van der Waals surface area contributed by atoms with Crippen LogP contribution in [0.1, 0.15) is 30.1 Å². The summed E-state index contributed by atoms with van der Waals surface area (Å²) in [5.74, 6) is 0.0105. The molecule has 0 radical (unpaired) electrons. The number of nitrogens with one attached hydrogen (secondary N) is 1. The summed E-state index contributed by atoms with van der Waals surface area (Å²) in [4.78, 5) is 18.0. The van der Waals surface area contributed by atoms with Gasteiger partial charge in [0.15, 0.2) is 0 Å². The highest BCUT2D eigenvalue weighted by Gasteiger charge is 2.11. The van der Waals surface area contributed by atoms with Crippen molar-refractivity contribution in [3.05, 3.63) is 24.0 Å². The molecule has 0 fully saturated rings. The zero-order valence-electron chi connectivity index (χ0n) is 12.0. The maximum atomic E-state index is 12.2. The lowest BCUT2D eigenvalue weighted by atomic mass is 10.2. The third kappa shape index (κ3) is 5.26. The second kappa shape index (κ2) is 8.48. The normalized spacial score (nSPS) is 10.3. The number of nitrogens with zero attached hydrogens (tertiary/aromatic N) is 2. The number of hydrogen-bond acceptors (Lipinski definition) is 4. The third-order valence-corrected chi connectivity index (χ3v) is 2.81. The van der Waals surface area contributed by atoms with E-state index in [1.807, 2.05) is 13.1 Å². The number of rotatable bonds is 8. The van der Waals surface area contributed by atoms with E-state index in [1.165, 1.54) is 0 Å². The second-order valence-corrected chi connectivity index (χ2v) is 4.46. The van der Waals surface area contributed by atoms with E-state index in [9.17, 15) is 4.79 Å². The van der Waals surface area contributed by atoms with Gasteiger partial charge in [-0.1, -0.05) is 13.3 Å². The molecule has 0 spiro atoms. The summed E-state index contributed by atoms with van der Waals surface area (Å²) in [5.41, 5.74) is 1.45. The highest BCUT2D eigenvalue weighted by atomic mass is 16.5. The number of ether oxygens (including phenoxy) is 1. The van der Waals surface area contributed by atoms with Crippen LogP contribution in [0, 0.1) is 0 Å². The summed E-state index contributed by atoms with van der Waals surface area (Å²) in [6, 6.07) is 1.83. The van der Waals surface area contributed by atoms with Crippen molar-refractivity contribution in [2.75, 3.05) is 39.2 Å². The summed E-state index contributed by atoms with van der Waals surface area (Å²) in [5, 5.41) is 3.16. The van der Waals surface area contributed by atoms with Gasteiger partial charge in [0.2, 0.25) is 0 Å². The summed E-state index contributed by atoms with van der Waals surface area (Å²) < 4.78 is 4.97. The fourth-order valence-electron chi connectivity index (χ4n) is 1.67. The van der Waals surface area contributed by atoms with Crippen LogP contribution in [0.4, 0.5) is 5.69 Å². The smallest absolute Gasteiger partial charge is 0.255 e. The van der Waals surface area contributed by atoms with Crippen molar-refractivity contribution in [2.24, 2.45) is 0 Å². The van der Waals surface area contributed by atoms with Gasteiger partial charge in [0.25, 0.3) is 5.91 Å². The number of methoxy groups -OCH3 is 1. The number of anilines is 1. The van der Waals surface area contributed by atoms with Crippen LogP contribution in [0.3, 0.4) is 0 Å². The number of aromatic nitrogens is 1. The molecule has 0 saturated carbocycles. The van der Waals surface area contributed by atoms with Gasteiger partial charge in [0.05, 0.1) is 17.9 Å². The molecule has 5 heteroatoms. The van der Waals surface area contributed by atoms with Gasteiger partial charge in [-0.3, -0.25) is 9.78 Å². The predicted octanol–water partition coefficient (Wildman–Crippen LogP) is 2.01. The minimum Gasteiger partial charge on any atom is -0.383 e. The van der Waals surface area contributed by atoms with E-state index < -0.39 is 0 Å². The van der Waals surface area contributed by atoms with E-state index in [1.54, 1.807) is 24.4 Å². The molecule has 0 atom stereocenters. The summed E-state index contributed by atoms with van der Waals surface area (Å²) in [6.07, 6.45) is 5.40. The molecular formula is C14H23N3O2. The monoisotopic (exact) mass is 265 g/mol. The van der Waals surface area contributed by atoms with Crippen molar-refractivity contribution < 1.29 is 9.53 Å². The minimum atomic E-state index is 0.0105. The maximum absolute atomic E-state index is 12.2. The van der Waals surface area contributed by atoms with Crippen molar-refractivity contribution in [3.8, 4) is 0 Å². The topological polar surface area (TPSA) is 54.5 Å². The van der Waals surface area contributed by atoms with Crippen LogP contribution in [-0.2, 0) is 4.74 Å². The molecule has 106 valence electrons. The Bertz CT molecular complexity index is 396. The molecule has 1 rings (SSSR count). The number of carbonyl (C=O) groups excluding carboxylic acids is 1. The largest absolute Gasteiger partial charge is 0.383 e. The molecule has 1 aromatic rings. The number of amides is 1. The lowest BCUT2D eigenvalue weighted by Gasteiger charge is -2.17. The van der Waals surface area contributed by atoms with Crippen LogP contribution in [0.2, 0.25) is 0 Å². The van der Waals surface area contributed by atoms with Gasteiger partial charge in [0, 0.05) is 39.6 Å². The molecule has 0 bridgehead atoms. The molecule has 1 heterocycles. The zero-order chi connectivity index (χ0) is 14.1. The molecule has 0 saturated heterocycles. The summed E-state index contributed by atoms with van der Waals surface area (Å²) in [6.45, 7) is 4.20. The molecular weight excluding hydrogens is 242 g/mol. The summed E-state index contributed by atoms with van der Waals surface area (Å²) >= 11 is 0. The van der Waals surface area contributed by atoms with Crippen LogP contribution in [0.15, 0.2) is 18.5 Å². The average molecular weight is 265 g/mol. The lowest BCUT2D eigenvalue weighted by molar-refractivity contribution is 0.0793. The van der Waals surface area contributed by atoms with Crippen molar-refractivity contribution in [1.29, 1.82) is 0 Å². The Morgan fingerprint density at radius 1 is 1.47 bits per heavy atom. The van der Waals surface area contributed by atoms with Crippen molar-refractivity contribution in [2.45, 2.75) is 19.8 Å². The predicted molar refractivity (Wildman–Crippen MR) is 76.5 cm³/mol. The van der Waals surface area contributed by atoms with Crippen molar-refractivity contribution in [3.63, 3.8) is 0 Å². The Labute approximate surface area is 115 Å². The van der Waals surface area contributed by atoms with E-state index in [2.05, 4.69) is 17.2 Å². The van der Waals surface area contributed by atoms with Crippen LogP contribution in [-0.4, -0.2) is 49.6 Å². The number of unbranched alkanes of at least 4 members (excludes halogenated alkanes) is 1. The first kappa shape index (κ1) is 15.4. The fraction of sp³-hybridized carbons (Fsp3) is 0.571. The van der Waals surface area contributed by atoms with Crippen molar-refractivity contribution >= 4 is 11.6 Å². The van der Waals surface area contributed by atoms with Gasteiger partial charge in [-0.2, -0.15) is 0 Å². The Hall–Kier alpha value is -1.62. The molecule has 0 aliphatic rings. The first-order valence-electron chi connectivity index (χ1n) is 6.62. The summed E-state index contributed by atoms with van der Waals surface area (Å²) in [7, 11) is 3.48. The quantitative estimate of drug-likeness (QED) is 0.731. The van der Waals surface area contributed by atoms with Crippen LogP contribution >= 0.6 is 0 Å². The standard InChI is InChI=1S/C14H23N3O2/c1-4-5-7-17(2)14(18)12-9-13(11-15-10-12)16-6-8-19-3/h9-11,16H,4-8H2,1-3H3. The molecule has 0 aliphatic heterocycles. The van der Waals surface area contributed by atoms with Crippen LogP contribution in [0.5, 0.6) is 0 Å². The SMILES string of the molecule is CCCCN(C)C(=O)c1cncc(NCCOC)c1. The lowest BCUT2D eigenvalue weighted by Crippen LogP contribution is -2.27. The van der Waals surface area contributed by atoms with Gasteiger partial charge in [-0.25, -0.2) is 0 Å². The highest BCUT2D eigenvalue weighted by Crippen LogP contribution is 2.10. The Morgan fingerprint density at radius 3 is 2.95 bits per heavy atom. The molecule has 0 aliphatic carbocycles. The molecule has 5 nitrogen and oxygen atoms in total. The van der Waals surface area contributed by atoms with Crippen molar-refractivity contribution in [1.82, 2.24) is 9.88 Å². The average Bonchev–Trinajstić information content (AvgIpc) is 2.44. The molecule has 0 aromatic carbocycles. The first-order chi connectivity index (χ1) is 9.19. The Kier molecular flexibility index (Phi) is 6.89. The molecule has 1 amide bonds. The Balaban J connectivity index is 2.61. The number of hydrogen-bond donors (Lipinski definition) is 1. The van der Waals surface area contributed by atoms with E-state index >= 15 is 0 Å². The molecule has 19 heavy (non-hydrogen) atoms. The van der Waals surface area contributed by atoms with Gasteiger partial charge >= 0.3 is 0 Å². The van der Waals surface area contributed by atoms with Gasteiger partial charge in [-0.15, -0.1) is 0 Å². The van der Waals surface area contributed by atoms with Crippen LogP contribution in [0.25, 0.3) is 0 Å². The second-order valence-electron chi connectivity index (χ2n) is 4.46. The van der Waals surface area contributed by atoms with Gasteiger partial charge in [0.1, 0.15) is 0 Å². The van der Waals surface area contributed by atoms with E-state index in [0.717, 1.165) is 25.1 Å². The van der Waals surface area contributed by atoms with Gasteiger partial charge in [-0.05, 0) is 12.5 Å². The minimum absolute atomic E-state index is 0.0105. The number of carbonyl (C=O) groups is 1.